The van der Waals surface area contributed by atoms with Gasteiger partial charge in [-0.15, -0.1) is 0 Å². The maximum absolute atomic E-state index is 3.28. The lowest BCUT2D eigenvalue weighted by atomic mass is 10.9. The van der Waals surface area contributed by atoms with E-state index in [0.29, 0.717) is 0 Å². The summed E-state index contributed by atoms with van der Waals surface area (Å²) in [4.78, 5) is 0. The minimum absolute atomic E-state index is 1.14. The minimum Gasteiger partial charge on any atom is -0.0544 e. The molecule has 0 fully saturated rings. The van der Waals surface area contributed by atoms with Crippen LogP contribution in [-0.4, -0.2) is 0 Å². The summed E-state index contributed by atoms with van der Waals surface area (Å²) >= 11 is 6.56. The zero-order chi connectivity index (χ0) is 3.86. The number of rotatable bonds is 0. The molecular weight excluding hydrogens is 196 g/mol. The van der Waals surface area contributed by atoms with Crippen molar-refractivity contribution < 1.29 is 0 Å². The van der Waals surface area contributed by atoms with E-state index in [1.807, 2.05) is 0 Å². The molecule has 0 atom stereocenters. The molecule has 0 aliphatic heterocycles. The molecule has 1 aliphatic rings. The van der Waals surface area contributed by atoms with E-state index in [2.05, 4.69) is 31.9 Å². The lowest BCUT2D eigenvalue weighted by Crippen LogP contribution is -1.16. The molecule has 1 aliphatic carbocycles. The third-order valence-corrected chi connectivity index (χ3v) is 2.53. The van der Waals surface area contributed by atoms with Gasteiger partial charge in [-0.3, -0.25) is 0 Å². The topological polar surface area (TPSA) is 0 Å². The molecule has 0 spiro atoms. The predicted molar refractivity (Wildman–Crippen MR) is 29.5 cm³/mol. The van der Waals surface area contributed by atoms with Crippen molar-refractivity contribution >= 4 is 31.9 Å². The van der Waals surface area contributed by atoms with Gasteiger partial charge in [0.1, 0.15) is 0 Å². The Labute approximate surface area is 47.5 Å². The summed E-state index contributed by atoms with van der Waals surface area (Å²) < 4.78 is 2.63. The van der Waals surface area contributed by atoms with E-state index in [9.17, 15) is 0 Å². The fourth-order valence-electron chi connectivity index (χ4n) is 0.0921. The van der Waals surface area contributed by atoms with Crippen molar-refractivity contribution in [2.45, 2.75) is 6.42 Å². The average molecular weight is 198 g/mol. The smallest absolute Gasteiger partial charge is 0.0123 e. The van der Waals surface area contributed by atoms with Gasteiger partial charge in [-0.2, -0.15) is 0 Å². The summed E-state index contributed by atoms with van der Waals surface area (Å²) in [5, 5.41) is 0. The molecule has 0 amide bonds. The molecular formula is C3H2Br2. The lowest BCUT2D eigenvalue weighted by Gasteiger charge is -1.43. The predicted octanol–water partition coefficient (Wildman–Crippen LogP) is 2.39. The van der Waals surface area contributed by atoms with Crippen molar-refractivity contribution in [3.8, 4) is 0 Å². The maximum Gasteiger partial charge on any atom is 0.0123 e. The molecule has 2 heteroatoms. The van der Waals surface area contributed by atoms with Crippen molar-refractivity contribution in [2.24, 2.45) is 0 Å². The molecule has 1 rings (SSSR count). The Kier molecular flexibility index (Phi) is 0.841. The molecule has 0 bridgehead atoms. The molecule has 0 aromatic rings. The van der Waals surface area contributed by atoms with Gasteiger partial charge in [0.2, 0.25) is 0 Å². The average Bonchev–Trinajstić information content (AvgIpc) is 1.79. The normalized spacial score (nSPS) is 20.4. The SMILES string of the molecule is BrC1=C(Br)C1. The first-order valence-corrected chi connectivity index (χ1v) is 2.92. The number of hydrogen-bond donors (Lipinski definition) is 0. The van der Waals surface area contributed by atoms with Crippen LogP contribution in [0.4, 0.5) is 0 Å². The van der Waals surface area contributed by atoms with E-state index in [-0.39, 0.29) is 0 Å². The van der Waals surface area contributed by atoms with Crippen molar-refractivity contribution in [1.29, 1.82) is 0 Å². The van der Waals surface area contributed by atoms with Crippen LogP contribution in [0.2, 0.25) is 0 Å². The van der Waals surface area contributed by atoms with Crippen LogP contribution >= 0.6 is 31.9 Å². The van der Waals surface area contributed by atoms with Gasteiger partial charge >= 0.3 is 0 Å². The second kappa shape index (κ2) is 1.09. The number of hydrogen-bond acceptors (Lipinski definition) is 0. The minimum atomic E-state index is 1.14. The summed E-state index contributed by atoms with van der Waals surface area (Å²) in [5.41, 5.74) is 0. The molecule has 28 valence electrons. The fraction of sp³-hybridized carbons (Fsp3) is 0.333. The summed E-state index contributed by atoms with van der Waals surface area (Å²) in [7, 11) is 0. The second-order valence-electron chi connectivity index (χ2n) is 0.987. The fourth-order valence-corrected chi connectivity index (χ4v) is 1.03. The van der Waals surface area contributed by atoms with Crippen LogP contribution in [0.25, 0.3) is 0 Å². The largest absolute Gasteiger partial charge is 0.0544 e. The van der Waals surface area contributed by atoms with Crippen molar-refractivity contribution in [3.63, 3.8) is 0 Å². The molecule has 5 heavy (non-hydrogen) atoms. The first-order chi connectivity index (χ1) is 2.30. The van der Waals surface area contributed by atoms with E-state index < -0.39 is 0 Å². The molecule has 0 saturated carbocycles. The van der Waals surface area contributed by atoms with Crippen LogP contribution in [0, 0.1) is 0 Å². The highest BCUT2D eigenvalue weighted by Crippen LogP contribution is 2.40. The van der Waals surface area contributed by atoms with E-state index in [1.165, 1.54) is 8.96 Å². The van der Waals surface area contributed by atoms with Gasteiger partial charge in [0.15, 0.2) is 0 Å². The summed E-state index contributed by atoms with van der Waals surface area (Å²) in [6, 6.07) is 0. The molecule has 0 unspecified atom stereocenters. The molecule has 0 saturated heterocycles. The Balaban J connectivity index is 2.59. The Bertz CT molecular complexity index is 72.9. The van der Waals surface area contributed by atoms with Crippen molar-refractivity contribution in [2.75, 3.05) is 0 Å². The van der Waals surface area contributed by atoms with Gasteiger partial charge in [-0.1, -0.05) is 31.9 Å². The Morgan fingerprint density at radius 3 is 1.40 bits per heavy atom. The zero-order valence-corrected chi connectivity index (χ0v) is 5.64. The highest BCUT2D eigenvalue weighted by Gasteiger charge is 2.13. The van der Waals surface area contributed by atoms with Crippen LogP contribution < -0.4 is 0 Å². The van der Waals surface area contributed by atoms with Crippen molar-refractivity contribution in [3.05, 3.63) is 8.96 Å². The van der Waals surface area contributed by atoms with Gasteiger partial charge in [-0.05, 0) is 0 Å². The first-order valence-electron chi connectivity index (χ1n) is 1.34. The maximum atomic E-state index is 3.28. The monoisotopic (exact) mass is 196 g/mol. The van der Waals surface area contributed by atoms with E-state index in [1.54, 1.807) is 0 Å². The molecule has 0 heterocycles. The highest BCUT2D eigenvalue weighted by molar-refractivity contribution is 9.14. The van der Waals surface area contributed by atoms with E-state index >= 15 is 0 Å². The van der Waals surface area contributed by atoms with Crippen LogP contribution in [0.15, 0.2) is 8.96 Å². The highest BCUT2D eigenvalue weighted by atomic mass is 79.9. The van der Waals surface area contributed by atoms with Crippen molar-refractivity contribution in [1.82, 2.24) is 0 Å². The molecule has 0 N–H and O–H groups in total. The Morgan fingerprint density at radius 2 is 1.40 bits per heavy atom. The third-order valence-electron chi connectivity index (χ3n) is 0.480. The van der Waals surface area contributed by atoms with Gasteiger partial charge in [-0.25, -0.2) is 0 Å². The third kappa shape index (κ3) is 0.763. The Hall–Kier alpha value is 0.700. The summed E-state index contributed by atoms with van der Waals surface area (Å²) in [5.74, 6) is 0. The molecule has 0 aromatic carbocycles. The van der Waals surface area contributed by atoms with Crippen LogP contribution in [-0.2, 0) is 0 Å². The van der Waals surface area contributed by atoms with Gasteiger partial charge < -0.3 is 0 Å². The first kappa shape index (κ1) is 3.88. The molecule has 0 nitrogen and oxygen atoms in total. The summed E-state index contributed by atoms with van der Waals surface area (Å²) in [6.07, 6.45) is 1.14. The van der Waals surface area contributed by atoms with Gasteiger partial charge in [0.05, 0.1) is 0 Å². The Morgan fingerprint density at radius 1 is 1.20 bits per heavy atom. The molecule has 0 radical (unpaired) electrons. The lowest BCUT2D eigenvalue weighted by molar-refractivity contribution is 1.67. The zero-order valence-electron chi connectivity index (χ0n) is 2.46. The van der Waals surface area contributed by atoms with E-state index in [4.69, 9.17) is 0 Å². The number of allylic oxidation sites excluding steroid dienone is 2. The standard InChI is InChI=1S/C3H2Br2/c4-2-1-3(2)5/h1H2. The van der Waals surface area contributed by atoms with Gasteiger partial charge in [0, 0.05) is 15.4 Å². The van der Waals surface area contributed by atoms with Crippen LogP contribution in [0.5, 0.6) is 0 Å². The second-order valence-corrected chi connectivity index (χ2v) is 2.90. The van der Waals surface area contributed by atoms with Crippen LogP contribution in [0.1, 0.15) is 6.42 Å². The summed E-state index contributed by atoms with van der Waals surface area (Å²) in [6.45, 7) is 0. The van der Waals surface area contributed by atoms with Gasteiger partial charge in [0.25, 0.3) is 0 Å². The number of halogens is 2. The van der Waals surface area contributed by atoms with Crippen LogP contribution in [0.3, 0.4) is 0 Å². The van der Waals surface area contributed by atoms with E-state index in [0.717, 1.165) is 6.42 Å². The molecule has 0 aromatic heterocycles. The quantitative estimate of drug-likeness (QED) is 0.560.